The summed E-state index contributed by atoms with van der Waals surface area (Å²) in [6, 6.07) is 11.2. The third-order valence-corrected chi connectivity index (χ3v) is 7.56. The van der Waals surface area contributed by atoms with E-state index >= 15 is 0 Å². The molecule has 0 unspecified atom stereocenters. The molecule has 1 atom stereocenters. The minimum atomic E-state index is -0.163. The highest BCUT2D eigenvalue weighted by molar-refractivity contribution is 7.16. The summed E-state index contributed by atoms with van der Waals surface area (Å²) < 4.78 is 20.7. The number of hydrogen-bond acceptors (Lipinski definition) is 3. The van der Waals surface area contributed by atoms with Crippen LogP contribution in [0.15, 0.2) is 36.4 Å². The molecule has 1 saturated carbocycles. The summed E-state index contributed by atoms with van der Waals surface area (Å²) in [4.78, 5) is 1.26. The second-order valence-electron chi connectivity index (χ2n) is 8.09. The molecule has 5 heteroatoms. The zero-order valence-electron chi connectivity index (χ0n) is 15.6. The molecule has 1 aliphatic heterocycles. The number of rotatable bonds is 6. The van der Waals surface area contributed by atoms with E-state index in [0.717, 1.165) is 56.1 Å². The van der Waals surface area contributed by atoms with E-state index in [1.807, 2.05) is 18.2 Å². The van der Waals surface area contributed by atoms with Crippen LogP contribution in [0.25, 0.3) is 0 Å². The highest BCUT2D eigenvalue weighted by Crippen LogP contribution is 2.50. The zero-order chi connectivity index (χ0) is 18.7. The molecule has 1 aromatic carbocycles. The standard InChI is InChI=1S/C22H27ClFNOS/c23-20-8-7-19(27-20)15-25-13-11-21(17-3-5-18(24)6-4-17)12-14-26-22(16-21)9-1-2-10-22/h3-8,25H,1-2,9-16H2/t21-/m1/s1. The SMILES string of the molecule is Fc1ccc([C@]2(CCNCc3ccc(Cl)s3)CCOC3(CCCC3)C2)cc1. The molecule has 1 spiro atoms. The Morgan fingerprint density at radius 3 is 2.56 bits per heavy atom. The summed E-state index contributed by atoms with van der Waals surface area (Å²) in [7, 11) is 0. The van der Waals surface area contributed by atoms with Gasteiger partial charge in [-0.3, -0.25) is 0 Å². The monoisotopic (exact) mass is 407 g/mol. The van der Waals surface area contributed by atoms with E-state index in [-0.39, 0.29) is 16.8 Å². The molecule has 2 aliphatic rings. The van der Waals surface area contributed by atoms with Gasteiger partial charge < -0.3 is 10.1 Å². The summed E-state index contributed by atoms with van der Waals surface area (Å²) >= 11 is 7.65. The van der Waals surface area contributed by atoms with E-state index in [2.05, 4.69) is 11.4 Å². The number of ether oxygens (including phenoxy) is 1. The first-order chi connectivity index (χ1) is 13.1. The average molecular weight is 408 g/mol. The molecule has 146 valence electrons. The maximum absolute atomic E-state index is 13.5. The van der Waals surface area contributed by atoms with Crippen molar-refractivity contribution in [3.05, 3.63) is 57.0 Å². The highest BCUT2D eigenvalue weighted by Gasteiger charge is 2.47. The van der Waals surface area contributed by atoms with Crippen molar-refractivity contribution < 1.29 is 9.13 Å². The van der Waals surface area contributed by atoms with Crippen LogP contribution >= 0.6 is 22.9 Å². The molecule has 4 rings (SSSR count). The molecular formula is C22H27ClFNOS. The highest BCUT2D eigenvalue weighted by atomic mass is 35.5. The fraction of sp³-hybridized carbons (Fsp3) is 0.545. The fourth-order valence-electron chi connectivity index (χ4n) is 4.95. The normalized spacial score (nSPS) is 24.5. The lowest BCUT2D eigenvalue weighted by Crippen LogP contribution is -2.47. The van der Waals surface area contributed by atoms with Gasteiger partial charge in [-0.05, 0) is 68.5 Å². The van der Waals surface area contributed by atoms with Gasteiger partial charge >= 0.3 is 0 Å². The quantitative estimate of drug-likeness (QED) is 0.585. The van der Waals surface area contributed by atoms with Crippen LogP contribution in [0, 0.1) is 5.82 Å². The number of nitrogens with one attached hydrogen (secondary N) is 1. The second-order valence-corrected chi connectivity index (χ2v) is 9.88. The Labute approximate surface area is 170 Å². The third-order valence-electron chi connectivity index (χ3n) is 6.33. The van der Waals surface area contributed by atoms with Crippen molar-refractivity contribution in [2.45, 2.75) is 62.5 Å². The first-order valence-electron chi connectivity index (χ1n) is 9.94. The minimum absolute atomic E-state index is 0.0356. The van der Waals surface area contributed by atoms with E-state index in [0.29, 0.717) is 0 Å². The van der Waals surface area contributed by atoms with Crippen LogP contribution in [0.4, 0.5) is 4.39 Å². The maximum Gasteiger partial charge on any atom is 0.123 e. The summed E-state index contributed by atoms with van der Waals surface area (Å²) in [6.07, 6.45) is 7.95. The molecule has 0 amide bonds. The van der Waals surface area contributed by atoms with Gasteiger partial charge in [-0.25, -0.2) is 4.39 Å². The van der Waals surface area contributed by atoms with Crippen molar-refractivity contribution >= 4 is 22.9 Å². The van der Waals surface area contributed by atoms with Crippen LogP contribution in [0.1, 0.15) is 55.4 Å². The molecule has 1 aliphatic carbocycles. The van der Waals surface area contributed by atoms with Gasteiger partial charge in [0.15, 0.2) is 0 Å². The summed E-state index contributed by atoms with van der Waals surface area (Å²) in [5, 5.41) is 3.58. The van der Waals surface area contributed by atoms with Crippen molar-refractivity contribution in [3.63, 3.8) is 0 Å². The Morgan fingerprint density at radius 1 is 1.07 bits per heavy atom. The number of hydrogen-bond donors (Lipinski definition) is 1. The fourth-order valence-corrected chi connectivity index (χ4v) is 6.01. The van der Waals surface area contributed by atoms with Crippen molar-refractivity contribution in [1.82, 2.24) is 5.32 Å². The van der Waals surface area contributed by atoms with Crippen LogP contribution in [-0.4, -0.2) is 18.8 Å². The van der Waals surface area contributed by atoms with Gasteiger partial charge in [0, 0.05) is 23.4 Å². The smallest absolute Gasteiger partial charge is 0.123 e. The molecule has 2 aromatic rings. The van der Waals surface area contributed by atoms with Crippen LogP contribution in [-0.2, 0) is 16.7 Å². The molecular weight excluding hydrogens is 381 g/mol. The molecule has 0 radical (unpaired) electrons. The molecule has 27 heavy (non-hydrogen) atoms. The van der Waals surface area contributed by atoms with E-state index < -0.39 is 0 Å². The van der Waals surface area contributed by atoms with Gasteiger partial charge in [0.1, 0.15) is 5.82 Å². The molecule has 1 N–H and O–H groups in total. The third kappa shape index (κ3) is 4.40. The average Bonchev–Trinajstić information content (AvgIpc) is 3.28. The number of benzene rings is 1. The Balaban J connectivity index is 1.48. The predicted molar refractivity (Wildman–Crippen MR) is 110 cm³/mol. The van der Waals surface area contributed by atoms with Gasteiger partial charge in [0.2, 0.25) is 0 Å². The molecule has 2 fully saturated rings. The Bertz CT molecular complexity index is 756. The number of thiophene rings is 1. The van der Waals surface area contributed by atoms with Crippen molar-refractivity contribution in [1.29, 1.82) is 0 Å². The van der Waals surface area contributed by atoms with Crippen LogP contribution in [0.5, 0.6) is 0 Å². The number of halogens is 2. The minimum Gasteiger partial charge on any atom is -0.375 e. The van der Waals surface area contributed by atoms with Crippen molar-refractivity contribution in [2.75, 3.05) is 13.2 Å². The van der Waals surface area contributed by atoms with Gasteiger partial charge in [0.05, 0.1) is 9.94 Å². The molecule has 1 aromatic heterocycles. The van der Waals surface area contributed by atoms with Crippen molar-refractivity contribution in [3.8, 4) is 0 Å². The van der Waals surface area contributed by atoms with Gasteiger partial charge in [0.25, 0.3) is 0 Å². The Hall–Kier alpha value is -0.940. The topological polar surface area (TPSA) is 21.3 Å². The van der Waals surface area contributed by atoms with E-state index in [1.165, 1.54) is 23.3 Å². The lowest BCUT2D eigenvalue weighted by molar-refractivity contribution is -0.103. The molecule has 0 bridgehead atoms. The Kier molecular flexibility index (Phi) is 5.89. The van der Waals surface area contributed by atoms with E-state index in [9.17, 15) is 4.39 Å². The summed E-state index contributed by atoms with van der Waals surface area (Å²) in [5.41, 5.74) is 1.36. The first-order valence-corrected chi connectivity index (χ1v) is 11.1. The van der Waals surface area contributed by atoms with E-state index in [1.54, 1.807) is 23.5 Å². The zero-order valence-corrected chi connectivity index (χ0v) is 17.2. The molecule has 1 saturated heterocycles. The van der Waals surface area contributed by atoms with E-state index in [4.69, 9.17) is 16.3 Å². The van der Waals surface area contributed by atoms with Gasteiger partial charge in [-0.1, -0.05) is 36.6 Å². The predicted octanol–water partition coefficient (Wildman–Crippen LogP) is 6.08. The second kappa shape index (κ2) is 8.20. The van der Waals surface area contributed by atoms with Crippen molar-refractivity contribution in [2.24, 2.45) is 0 Å². The first kappa shape index (κ1) is 19.4. The van der Waals surface area contributed by atoms with Crippen LogP contribution < -0.4 is 5.32 Å². The lowest BCUT2D eigenvalue weighted by atomic mass is 9.66. The summed E-state index contributed by atoms with van der Waals surface area (Å²) in [5.74, 6) is -0.163. The lowest BCUT2D eigenvalue weighted by Gasteiger charge is -2.47. The summed E-state index contributed by atoms with van der Waals surface area (Å²) in [6.45, 7) is 2.58. The Morgan fingerprint density at radius 2 is 1.85 bits per heavy atom. The van der Waals surface area contributed by atoms with Crippen LogP contribution in [0.3, 0.4) is 0 Å². The van der Waals surface area contributed by atoms with Gasteiger partial charge in [-0.2, -0.15) is 0 Å². The largest absolute Gasteiger partial charge is 0.375 e. The maximum atomic E-state index is 13.5. The molecule has 2 nitrogen and oxygen atoms in total. The van der Waals surface area contributed by atoms with Gasteiger partial charge in [-0.15, -0.1) is 11.3 Å². The molecule has 2 heterocycles. The van der Waals surface area contributed by atoms with Crippen LogP contribution in [0.2, 0.25) is 4.34 Å².